The molecule has 4 nitrogen and oxygen atoms in total. The standard InChI is InChI=1S/C13H26N2O2.ClH/c1-11(2)5-8-17-9-7-15-13(16)10-12-4-3-6-14-12;/h11-12,14H,3-10H2,1-2H3,(H,15,16);1H. The van der Waals surface area contributed by atoms with E-state index in [1.807, 2.05) is 0 Å². The first-order valence-corrected chi connectivity index (χ1v) is 6.76. The van der Waals surface area contributed by atoms with Crippen molar-refractivity contribution < 1.29 is 9.53 Å². The van der Waals surface area contributed by atoms with Crippen LogP contribution in [0.1, 0.15) is 39.5 Å². The molecule has 0 aromatic carbocycles. The first-order chi connectivity index (χ1) is 8.18. The lowest BCUT2D eigenvalue weighted by Crippen LogP contribution is -2.33. The largest absolute Gasteiger partial charge is 0.380 e. The van der Waals surface area contributed by atoms with Crippen molar-refractivity contribution in [2.75, 3.05) is 26.3 Å². The lowest BCUT2D eigenvalue weighted by Gasteiger charge is -2.11. The minimum atomic E-state index is 0. The number of hydrogen-bond donors (Lipinski definition) is 2. The van der Waals surface area contributed by atoms with E-state index in [9.17, 15) is 4.79 Å². The topological polar surface area (TPSA) is 50.4 Å². The van der Waals surface area contributed by atoms with Crippen LogP contribution in [0.15, 0.2) is 0 Å². The van der Waals surface area contributed by atoms with Gasteiger partial charge in [0.05, 0.1) is 6.61 Å². The van der Waals surface area contributed by atoms with Gasteiger partial charge in [-0.3, -0.25) is 4.79 Å². The molecule has 1 fully saturated rings. The van der Waals surface area contributed by atoms with Crippen molar-refractivity contribution in [3.8, 4) is 0 Å². The van der Waals surface area contributed by atoms with Crippen molar-refractivity contribution in [3.05, 3.63) is 0 Å². The van der Waals surface area contributed by atoms with Gasteiger partial charge in [0.1, 0.15) is 0 Å². The number of carbonyl (C=O) groups excluding carboxylic acids is 1. The van der Waals surface area contributed by atoms with E-state index in [1.54, 1.807) is 0 Å². The van der Waals surface area contributed by atoms with Crippen molar-refractivity contribution in [2.45, 2.75) is 45.6 Å². The molecule has 1 unspecified atom stereocenters. The summed E-state index contributed by atoms with van der Waals surface area (Å²) in [5.41, 5.74) is 0. The summed E-state index contributed by atoms with van der Waals surface area (Å²) in [4.78, 5) is 11.5. The maximum atomic E-state index is 11.5. The van der Waals surface area contributed by atoms with E-state index in [0.29, 0.717) is 31.5 Å². The van der Waals surface area contributed by atoms with Gasteiger partial charge in [0, 0.05) is 25.6 Å². The lowest BCUT2D eigenvalue weighted by atomic mass is 10.1. The molecule has 1 amide bonds. The minimum absolute atomic E-state index is 0. The van der Waals surface area contributed by atoms with Gasteiger partial charge in [-0.1, -0.05) is 13.8 Å². The Morgan fingerprint density at radius 3 is 2.83 bits per heavy atom. The number of halogens is 1. The van der Waals surface area contributed by atoms with Crippen LogP contribution in [0.25, 0.3) is 0 Å². The summed E-state index contributed by atoms with van der Waals surface area (Å²) in [5.74, 6) is 0.815. The molecule has 0 aliphatic carbocycles. The summed E-state index contributed by atoms with van der Waals surface area (Å²) in [5, 5.41) is 6.21. The Morgan fingerprint density at radius 2 is 2.22 bits per heavy atom. The van der Waals surface area contributed by atoms with Gasteiger partial charge in [-0.25, -0.2) is 0 Å². The number of ether oxygens (including phenoxy) is 1. The Bertz CT molecular complexity index is 219. The molecule has 0 aromatic rings. The van der Waals surface area contributed by atoms with Crippen LogP contribution in [0.5, 0.6) is 0 Å². The summed E-state index contributed by atoms with van der Waals surface area (Å²) >= 11 is 0. The highest BCUT2D eigenvalue weighted by Gasteiger charge is 2.16. The summed E-state index contributed by atoms with van der Waals surface area (Å²) in [6.45, 7) is 7.45. The lowest BCUT2D eigenvalue weighted by molar-refractivity contribution is -0.121. The molecule has 1 rings (SSSR count). The number of hydrogen-bond acceptors (Lipinski definition) is 3. The van der Waals surface area contributed by atoms with Crippen molar-refractivity contribution in [2.24, 2.45) is 5.92 Å². The zero-order valence-corrected chi connectivity index (χ0v) is 12.4. The van der Waals surface area contributed by atoms with Gasteiger partial charge in [0.15, 0.2) is 0 Å². The summed E-state index contributed by atoms with van der Waals surface area (Å²) in [7, 11) is 0. The minimum Gasteiger partial charge on any atom is -0.380 e. The molecular formula is C13H27ClN2O2. The molecule has 18 heavy (non-hydrogen) atoms. The maximum Gasteiger partial charge on any atom is 0.221 e. The highest BCUT2D eigenvalue weighted by Crippen LogP contribution is 2.07. The number of carbonyl (C=O) groups is 1. The van der Waals surface area contributed by atoms with Crippen LogP contribution in [0.2, 0.25) is 0 Å². The Kier molecular flexibility index (Phi) is 10.4. The molecule has 1 heterocycles. The smallest absolute Gasteiger partial charge is 0.221 e. The van der Waals surface area contributed by atoms with Crippen LogP contribution in [0.4, 0.5) is 0 Å². The molecule has 0 bridgehead atoms. The van der Waals surface area contributed by atoms with Crippen molar-refractivity contribution in [3.63, 3.8) is 0 Å². The van der Waals surface area contributed by atoms with E-state index < -0.39 is 0 Å². The van der Waals surface area contributed by atoms with E-state index in [0.717, 1.165) is 26.0 Å². The van der Waals surface area contributed by atoms with Gasteiger partial charge in [0.2, 0.25) is 5.91 Å². The average Bonchev–Trinajstić information content (AvgIpc) is 2.75. The van der Waals surface area contributed by atoms with Crippen LogP contribution >= 0.6 is 12.4 Å². The highest BCUT2D eigenvalue weighted by molar-refractivity contribution is 5.85. The molecule has 5 heteroatoms. The SMILES string of the molecule is CC(C)CCOCCNC(=O)CC1CCCN1.Cl. The second-order valence-electron chi connectivity index (χ2n) is 5.14. The highest BCUT2D eigenvalue weighted by atomic mass is 35.5. The molecule has 1 aliphatic rings. The predicted octanol–water partition coefficient (Wildman–Crippen LogP) is 1.73. The van der Waals surface area contributed by atoms with Gasteiger partial charge in [-0.2, -0.15) is 0 Å². The molecular weight excluding hydrogens is 252 g/mol. The zero-order valence-electron chi connectivity index (χ0n) is 11.5. The fourth-order valence-corrected chi connectivity index (χ4v) is 1.91. The van der Waals surface area contributed by atoms with Crippen LogP contribution in [0.3, 0.4) is 0 Å². The van der Waals surface area contributed by atoms with E-state index in [-0.39, 0.29) is 18.3 Å². The number of amides is 1. The van der Waals surface area contributed by atoms with Crippen molar-refractivity contribution in [1.29, 1.82) is 0 Å². The normalized spacial score (nSPS) is 18.7. The first-order valence-electron chi connectivity index (χ1n) is 6.76. The molecule has 0 spiro atoms. The van der Waals surface area contributed by atoms with Crippen LogP contribution in [-0.2, 0) is 9.53 Å². The van der Waals surface area contributed by atoms with Gasteiger partial charge in [-0.05, 0) is 31.7 Å². The maximum absolute atomic E-state index is 11.5. The Balaban J connectivity index is 0.00000289. The predicted molar refractivity (Wildman–Crippen MR) is 76.2 cm³/mol. The first kappa shape index (κ1) is 17.7. The molecule has 0 saturated carbocycles. The quantitative estimate of drug-likeness (QED) is 0.665. The molecule has 1 atom stereocenters. The Hall–Kier alpha value is -0.320. The fraction of sp³-hybridized carbons (Fsp3) is 0.923. The van der Waals surface area contributed by atoms with E-state index >= 15 is 0 Å². The van der Waals surface area contributed by atoms with E-state index in [1.165, 1.54) is 6.42 Å². The van der Waals surface area contributed by atoms with Crippen molar-refractivity contribution in [1.82, 2.24) is 10.6 Å². The van der Waals surface area contributed by atoms with Crippen molar-refractivity contribution >= 4 is 18.3 Å². The van der Waals surface area contributed by atoms with Gasteiger partial charge < -0.3 is 15.4 Å². The summed E-state index contributed by atoms with van der Waals surface area (Å²) < 4.78 is 5.43. The second kappa shape index (κ2) is 10.6. The molecule has 1 saturated heterocycles. The summed E-state index contributed by atoms with van der Waals surface area (Å²) in [6, 6.07) is 0.386. The number of rotatable bonds is 8. The molecule has 2 N–H and O–H groups in total. The Labute approximate surface area is 117 Å². The third kappa shape index (κ3) is 8.72. The summed E-state index contributed by atoms with van der Waals surface area (Å²) in [6.07, 6.45) is 4.00. The van der Waals surface area contributed by atoms with Gasteiger partial charge in [0.25, 0.3) is 0 Å². The zero-order chi connectivity index (χ0) is 12.5. The molecule has 1 aliphatic heterocycles. The molecule has 0 aromatic heterocycles. The number of nitrogens with one attached hydrogen (secondary N) is 2. The molecule has 108 valence electrons. The van der Waals surface area contributed by atoms with Crippen LogP contribution in [-0.4, -0.2) is 38.3 Å². The van der Waals surface area contributed by atoms with Gasteiger partial charge >= 0.3 is 0 Å². The third-order valence-electron chi connectivity index (χ3n) is 3.00. The van der Waals surface area contributed by atoms with E-state index in [4.69, 9.17) is 4.74 Å². The molecule has 0 radical (unpaired) electrons. The third-order valence-corrected chi connectivity index (χ3v) is 3.00. The van der Waals surface area contributed by atoms with Crippen LogP contribution in [0, 0.1) is 5.92 Å². The van der Waals surface area contributed by atoms with Gasteiger partial charge in [-0.15, -0.1) is 12.4 Å². The average molecular weight is 279 g/mol. The second-order valence-corrected chi connectivity index (χ2v) is 5.14. The Morgan fingerprint density at radius 1 is 1.44 bits per heavy atom. The fourth-order valence-electron chi connectivity index (χ4n) is 1.91. The van der Waals surface area contributed by atoms with E-state index in [2.05, 4.69) is 24.5 Å². The monoisotopic (exact) mass is 278 g/mol. The van der Waals surface area contributed by atoms with Crippen LogP contribution < -0.4 is 10.6 Å².